The van der Waals surface area contributed by atoms with E-state index in [1.54, 1.807) is 0 Å². The Morgan fingerprint density at radius 1 is 1.29 bits per heavy atom. The molecule has 4 nitrogen and oxygen atoms in total. The van der Waals surface area contributed by atoms with Crippen LogP contribution in [-0.2, 0) is 4.79 Å². The van der Waals surface area contributed by atoms with E-state index >= 15 is 0 Å². The third kappa shape index (κ3) is 4.05. The fraction of sp³-hybridized carbons (Fsp3) is 0.588. The Hall–Kier alpha value is -1.39. The van der Waals surface area contributed by atoms with Crippen molar-refractivity contribution in [3.63, 3.8) is 0 Å². The zero-order chi connectivity index (χ0) is 15.3. The molecule has 0 radical (unpaired) electrons. The summed E-state index contributed by atoms with van der Waals surface area (Å²) in [6.07, 6.45) is 5.15. The minimum atomic E-state index is -0.231. The lowest BCUT2D eigenvalue weighted by Crippen LogP contribution is -2.51. The monoisotopic (exact) mass is 289 g/mol. The topological polar surface area (TPSA) is 58.4 Å². The van der Waals surface area contributed by atoms with Crippen LogP contribution in [0.3, 0.4) is 0 Å². The van der Waals surface area contributed by atoms with E-state index in [0.29, 0.717) is 6.42 Å². The maximum absolute atomic E-state index is 12.1. The van der Waals surface area contributed by atoms with Gasteiger partial charge in [-0.3, -0.25) is 4.79 Å². The quantitative estimate of drug-likeness (QED) is 0.843. The summed E-state index contributed by atoms with van der Waals surface area (Å²) in [5.74, 6) is 0.0412. The normalized spacial score (nSPS) is 18.7. The summed E-state index contributed by atoms with van der Waals surface area (Å²) in [5.41, 5.74) is 7.24. The van der Waals surface area contributed by atoms with Crippen LogP contribution in [0, 0.1) is 0 Å². The van der Waals surface area contributed by atoms with Gasteiger partial charge in [0, 0.05) is 24.5 Å². The Morgan fingerprint density at radius 3 is 2.48 bits per heavy atom. The average Bonchev–Trinajstić information content (AvgIpc) is 2.96. The van der Waals surface area contributed by atoms with Gasteiger partial charge < -0.3 is 16.0 Å². The summed E-state index contributed by atoms with van der Waals surface area (Å²) >= 11 is 0. The molecule has 1 aromatic rings. The van der Waals surface area contributed by atoms with E-state index in [1.807, 2.05) is 30.3 Å². The van der Waals surface area contributed by atoms with Crippen LogP contribution >= 0.6 is 0 Å². The number of nitrogens with one attached hydrogen (secondary N) is 1. The summed E-state index contributed by atoms with van der Waals surface area (Å²) < 4.78 is 0. The Labute approximate surface area is 127 Å². The van der Waals surface area contributed by atoms with E-state index in [4.69, 9.17) is 5.73 Å². The van der Waals surface area contributed by atoms with Crippen molar-refractivity contribution >= 4 is 5.91 Å². The second kappa shape index (κ2) is 7.05. The number of carbonyl (C=O) groups excluding carboxylic acids is 1. The van der Waals surface area contributed by atoms with Crippen molar-refractivity contribution in [1.29, 1.82) is 0 Å². The van der Waals surface area contributed by atoms with Crippen LogP contribution in [0.25, 0.3) is 0 Å². The molecule has 1 aliphatic rings. The van der Waals surface area contributed by atoms with E-state index in [9.17, 15) is 4.79 Å². The van der Waals surface area contributed by atoms with Gasteiger partial charge in [0.1, 0.15) is 0 Å². The molecule has 2 rings (SSSR count). The van der Waals surface area contributed by atoms with E-state index in [0.717, 1.165) is 24.9 Å². The Morgan fingerprint density at radius 2 is 1.90 bits per heavy atom. The van der Waals surface area contributed by atoms with Gasteiger partial charge in [-0.25, -0.2) is 0 Å². The zero-order valence-corrected chi connectivity index (χ0v) is 13.1. The molecule has 21 heavy (non-hydrogen) atoms. The fourth-order valence-corrected chi connectivity index (χ4v) is 3.17. The molecule has 4 heteroatoms. The molecular formula is C17H27N3O. The summed E-state index contributed by atoms with van der Waals surface area (Å²) in [4.78, 5) is 14.4. The molecule has 116 valence electrons. The Bertz CT molecular complexity index is 452. The van der Waals surface area contributed by atoms with Crippen LogP contribution < -0.4 is 11.1 Å². The lowest BCUT2D eigenvalue weighted by Gasteiger charge is -2.36. The van der Waals surface area contributed by atoms with E-state index in [2.05, 4.69) is 24.3 Å². The molecule has 1 aromatic carbocycles. The Balaban J connectivity index is 1.84. The van der Waals surface area contributed by atoms with Crippen LogP contribution in [0.15, 0.2) is 30.3 Å². The number of amides is 1. The molecule has 1 aliphatic carbocycles. The molecule has 1 amide bonds. The highest BCUT2D eigenvalue weighted by atomic mass is 16.1. The smallest absolute Gasteiger partial charge is 0.221 e. The highest BCUT2D eigenvalue weighted by Gasteiger charge is 2.36. The summed E-state index contributed by atoms with van der Waals surface area (Å²) in [5, 5.41) is 3.09. The van der Waals surface area contributed by atoms with Gasteiger partial charge >= 0.3 is 0 Å². The van der Waals surface area contributed by atoms with Crippen LogP contribution in [0.4, 0.5) is 0 Å². The van der Waals surface area contributed by atoms with Crippen LogP contribution in [0.2, 0.25) is 0 Å². The van der Waals surface area contributed by atoms with E-state index < -0.39 is 0 Å². The van der Waals surface area contributed by atoms with Gasteiger partial charge in [0.05, 0.1) is 0 Å². The third-order valence-corrected chi connectivity index (χ3v) is 4.73. The summed E-state index contributed by atoms with van der Waals surface area (Å²) in [6.45, 7) is 0.723. The van der Waals surface area contributed by atoms with Gasteiger partial charge in [0.15, 0.2) is 0 Å². The second-order valence-corrected chi connectivity index (χ2v) is 6.32. The highest BCUT2D eigenvalue weighted by Crippen LogP contribution is 2.33. The van der Waals surface area contributed by atoms with Gasteiger partial charge in [-0.1, -0.05) is 43.2 Å². The van der Waals surface area contributed by atoms with Gasteiger partial charge in [-0.2, -0.15) is 0 Å². The lowest BCUT2D eigenvalue weighted by molar-refractivity contribution is -0.122. The molecule has 0 aromatic heterocycles. The molecule has 0 saturated heterocycles. The molecular weight excluding hydrogens is 262 g/mol. The molecule has 1 fully saturated rings. The molecule has 3 N–H and O–H groups in total. The molecule has 0 heterocycles. The van der Waals surface area contributed by atoms with Gasteiger partial charge in [-0.05, 0) is 32.5 Å². The first-order valence-corrected chi connectivity index (χ1v) is 7.78. The van der Waals surface area contributed by atoms with Gasteiger partial charge in [0.2, 0.25) is 5.91 Å². The number of hydrogen-bond acceptors (Lipinski definition) is 3. The Kier molecular flexibility index (Phi) is 5.37. The van der Waals surface area contributed by atoms with Crippen LogP contribution in [0.1, 0.15) is 43.7 Å². The maximum atomic E-state index is 12.1. The van der Waals surface area contributed by atoms with Crippen molar-refractivity contribution in [1.82, 2.24) is 10.2 Å². The molecule has 0 aliphatic heterocycles. The van der Waals surface area contributed by atoms with Crippen molar-refractivity contribution < 1.29 is 4.79 Å². The van der Waals surface area contributed by atoms with Gasteiger partial charge in [0.25, 0.3) is 0 Å². The van der Waals surface area contributed by atoms with Gasteiger partial charge in [-0.15, -0.1) is 0 Å². The number of benzene rings is 1. The van der Waals surface area contributed by atoms with Crippen molar-refractivity contribution in [2.45, 2.75) is 43.7 Å². The van der Waals surface area contributed by atoms with Crippen LogP contribution in [0.5, 0.6) is 0 Å². The minimum Gasteiger partial charge on any atom is -0.354 e. The third-order valence-electron chi connectivity index (χ3n) is 4.73. The zero-order valence-electron chi connectivity index (χ0n) is 13.1. The van der Waals surface area contributed by atoms with Crippen molar-refractivity contribution in [3.8, 4) is 0 Å². The standard InChI is InChI=1S/C17H27N3O/c1-20(2)17(10-6-7-11-17)13-19-16(21)12-15(18)14-8-4-3-5-9-14/h3-5,8-9,15H,6-7,10-13,18H2,1-2H3,(H,19,21). The molecule has 0 bridgehead atoms. The van der Waals surface area contributed by atoms with Crippen molar-refractivity contribution in [2.24, 2.45) is 5.73 Å². The summed E-state index contributed by atoms with van der Waals surface area (Å²) in [6, 6.07) is 9.56. The van der Waals surface area contributed by atoms with Crippen molar-refractivity contribution in [3.05, 3.63) is 35.9 Å². The second-order valence-electron chi connectivity index (χ2n) is 6.32. The predicted molar refractivity (Wildman–Crippen MR) is 85.9 cm³/mol. The summed E-state index contributed by atoms with van der Waals surface area (Å²) in [7, 11) is 4.21. The molecule has 1 unspecified atom stereocenters. The number of carbonyl (C=O) groups is 1. The lowest BCUT2D eigenvalue weighted by atomic mass is 9.95. The number of hydrogen-bond donors (Lipinski definition) is 2. The largest absolute Gasteiger partial charge is 0.354 e. The number of likely N-dealkylation sites (N-methyl/N-ethyl adjacent to an activating group) is 1. The first-order valence-electron chi connectivity index (χ1n) is 7.78. The minimum absolute atomic E-state index is 0.0412. The molecule has 1 atom stereocenters. The number of nitrogens with zero attached hydrogens (tertiary/aromatic N) is 1. The first kappa shape index (κ1) is 16.0. The van der Waals surface area contributed by atoms with Crippen molar-refractivity contribution in [2.75, 3.05) is 20.6 Å². The van der Waals surface area contributed by atoms with E-state index in [-0.39, 0.29) is 17.5 Å². The number of nitrogens with two attached hydrogens (primary N) is 1. The van der Waals surface area contributed by atoms with E-state index in [1.165, 1.54) is 12.8 Å². The molecule has 1 saturated carbocycles. The SMILES string of the molecule is CN(C)C1(CNC(=O)CC(N)c2ccccc2)CCCC1. The maximum Gasteiger partial charge on any atom is 0.221 e. The van der Waals surface area contributed by atoms with Crippen LogP contribution in [-0.4, -0.2) is 37.0 Å². The highest BCUT2D eigenvalue weighted by molar-refractivity contribution is 5.76. The average molecular weight is 289 g/mol. The fourth-order valence-electron chi connectivity index (χ4n) is 3.17. The number of rotatable bonds is 6. The predicted octanol–water partition coefficient (Wildman–Crippen LogP) is 2.07. The first-order chi connectivity index (χ1) is 10.0. The molecule has 0 spiro atoms.